The van der Waals surface area contributed by atoms with Gasteiger partial charge in [-0.1, -0.05) is 0 Å². The van der Waals surface area contributed by atoms with E-state index in [1.807, 2.05) is 0 Å². The maximum atomic E-state index is 13.6. The van der Waals surface area contributed by atoms with Crippen LogP contribution in [0.1, 0.15) is 40.7 Å². The second-order valence-corrected chi connectivity index (χ2v) is 6.40. The van der Waals surface area contributed by atoms with Gasteiger partial charge in [-0.3, -0.25) is 14.9 Å². The third-order valence-corrected chi connectivity index (χ3v) is 4.54. The van der Waals surface area contributed by atoms with E-state index in [4.69, 9.17) is 5.11 Å². The first-order valence-corrected chi connectivity index (χ1v) is 8.43. The minimum absolute atomic E-state index is 0.112. The number of H-pyrrole nitrogens is 1. The molecule has 2 aromatic rings. The number of nitrogens with one attached hydrogen (secondary N) is 3. The second kappa shape index (κ2) is 7.34. The van der Waals surface area contributed by atoms with Gasteiger partial charge < -0.3 is 20.5 Å². The topological polar surface area (TPSA) is 114 Å². The number of benzene rings is 1. The van der Waals surface area contributed by atoms with Crippen LogP contribution in [0.2, 0.25) is 0 Å². The highest BCUT2D eigenvalue weighted by Gasteiger charge is 2.26. The largest absolute Gasteiger partial charge is 0.481 e. The van der Waals surface area contributed by atoms with Crippen LogP contribution < -0.4 is 10.6 Å². The highest BCUT2D eigenvalue weighted by atomic mass is 19.1. The monoisotopic (exact) mass is 373 g/mol. The Morgan fingerprint density at radius 3 is 2.81 bits per heavy atom. The van der Waals surface area contributed by atoms with Crippen molar-refractivity contribution in [3.8, 4) is 0 Å². The molecule has 1 aliphatic heterocycles. The Morgan fingerprint density at radius 1 is 1.37 bits per heavy atom. The van der Waals surface area contributed by atoms with E-state index in [0.29, 0.717) is 39.3 Å². The van der Waals surface area contributed by atoms with Gasteiger partial charge in [-0.05, 0) is 43.7 Å². The first-order chi connectivity index (χ1) is 12.8. The van der Waals surface area contributed by atoms with Crippen molar-refractivity contribution in [2.75, 3.05) is 11.9 Å². The summed E-state index contributed by atoms with van der Waals surface area (Å²) in [5.41, 5.74) is 3.96. The fourth-order valence-corrected chi connectivity index (χ4v) is 3.21. The van der Waals surface area contributed by atoms with Gasteiger partial charge in [0.05, 0.1) is 12.0 Å². The molecule has 0 saturated heterocycles. The number of aliphatic hydroxyl groups excluding tert-OH is 1. The lowest BCUT2D eigenvalue weighted by molar-refractivity contribution is -0.137. The van der Waals surface area contributed by atoms with Gasteiger partial charge in [-0.15, -0.1) is 0 Å². The lowest BCUT2D eigenvalue weighted by Crippen LogP contribution is -2.24. The number of aliphatic carboxylic acids is 1. The van der Waals surface area contributed by atoms with Crippen molar-refractivity contribution in [1.82, 2.24) is 10.3 Å². The summed E-state index contributed by atoms with van der Waals surface area (Å²) in [4.78, 5) is 26.0. The van der Waals surface area contributed by atoms with E-state index in [1.165, 1.54) is 18.2 Å². The smallest absolute Gasteiger partial charge is 0.304 e. The van der Waals surface area contributed by atoms with Gasteiger partial charge in [0.2, 0.25) is 0 Å². The van der Waals surface area contributed by atoms with Gasteiger partial charge in [0.15, 0.2) is 0 Å². The number of hydrogen-bond donors (Lipinski definition) is 5. The molecule has 2 heterocycles. The van der Waals surface area contributed by atoms with Crippen LogP contribution in [0.4, 0.5) is 10.1 Å². The van der Waals surface area contributed by atoms with Crippen molar-refractivity contribution >= 4 is 29.2 Å². The normalized spacial score (nSPS) is 15.7. The molecule has 0 radical (unpaired) electrons. The van der Waals surface area contributed by atoms with Crippen LogP contribution in [-0.4, -0.2) is 33.6 Å². The Hall–Kier alpha value is -2.97. The van der Waals surface area contributed by atoms with Crippen LogP contribution in [0, 0.1) is 19.7 Å². The summed E-state index contributed by atoms with van der Waals surface area (Å²) in [7, 11) is 0. The molecule has 1 aliphatic rings. The first-order valence-electron chi connectivity index (χ1n) is 8.43. The van der Waals surface area contributed by atoms with Crippen molar-refractivity contribution in [3.05, 3.63) is 52.1 Å². The van der Waals surface area contributed by atoms with Crippen molar-refractivity contribution in [2.24, 2.45) is 0 Å². The summed E-state index contributed by atoms with van der Waals surface area (Å²) in [6.45, 7) is 3.67. The molecule has 0 bridgehead atoms. The number of aryl methyl sites for hydroxylation is 1. The third-order valence-electron chi connectivity index (χ3n) is 4.54. The molecule has 1 unspecified atom stereocenters. The molecule has 27 heavy (non-hydrogen) atoms. The van der Waals surface area contributed by atoms with E-state index in [9.17, 15) is 19.1 Å². The fraction of sp³-hybridized carbons (Fsp3) is 0.263. The van der Waals surface area contributed by atoms with Crippen LogP contribution in [0.5, 0.6) is 0 Å². The molecule has 1 amide bonds. The quantitative estimate of drug-likeness (QED) is 0.394. The third kappa shape index (κ3) is 3.76. The summed E-state index contributed by atoms with van der Waals surface area (Å²) in [6.07, 6.45) is 0.463. The Kier molecular flexibility index (Phi) is 5.11. The Bertz CT molecular complexity index is 949. The fourth-order valence-electron chi connectivity index (χ4n) is 3.21. The molecule has 0 spiro atoms. The maximum Gasteiger partial charge on any atom is 0.304 e. The number of halogens is 1. The lowest BCUT2D eigenvalue weighted by atomic mass is 10.0. The summed E-state index contributed by atoms with van der Waals surface area (Å²) < 4.78 is 13.6. The molecule has 0 saturated carbocycles. The highest BCUT2D eigenvalue weighted by molar-refractivity contribution is 6.34. The average Bonchev–Trinajstić information content (AvgIpc) is 3.04. The summed E-state index contributed by atoms with van der Waals surface area (Å²) in [6, 6.07) is 4.09. The number of aromatic nitrogens is 1. The van der Waals surface area contributed by atoms with Crippen LogP contribution in [0.15, 0.2) is 18.2 Å². The van der Waals surface area contributed by atoms with Crippen molar-refractivity contribution in [3.63, 3.8) is 0 Å². The van der Waals surface area contributed by atoms with Crippen molar-refractivity contribution in [1.29, 1.82) is 0 Å². The van der Waals surface area contributed by atoms with Gasteiger partial charge in [-0.25, -0.2) is 4.39 Å². The molecule has 1 aromatic carbocycles. The lowest BCUT2D eigenvalue weighted by Gasteiger charge is -2.13. The van der Waals surface area contributed by atoms with Crippen LogP contribution in [0.3, 0.4) is 0 Å². The predicted molar refractivity (Wildman–Crippen MR) is 98.4 cm³/mol. The van der Waals surface area contributed by atoms with E-state index in [1.54, 1.807) is 19.9 Å². The molecule has 7 nitrogen and oxygen atoms in total. The summed E-state index contributed by atoms with van der Waals surface area (Å²) in [5, 5.41) is 24.5. The zero-order chi connectivity index (χ0) is 19.7. The second-order valence-electron chi connectivity index (χ2n) is 6.40. The number of carboxylic acid groups (broad SMARTS) is 1. The molecule has 8 heteroatoms. The molecule has 0 fully saturated rings. The number of hydrogen-bond acceptors (Lipinski definition) is 4. The number of carbonyl (C=O) groups is 2. The SMILES string of the molecule is Cc1[nH]c(/C=C2\C(=O)Nc3ccc(F)cc32)c(C)c1C(O)NCCC(=O)O. The summed E-state index contributed by atoms with van der Waals surface area (Å²) in [5.74, 6) is -1.72. The molecule has 142 valence electrons. The minimum atomic E-state index is -1.05. The van der Waals surface area contributed by atoms with Gasteiger partial charge in [0.25, 0.3) is 5.91 Å². The van der Waals surface area contributed by atoms with Crippen molar-refractivity contribution in [2.45, 2.75) is 26.5 Å². The number of anilines is 1. The van der Waals surface area contributed by atoms with Crippen molar-refractivity contribution < 1.29 is 24.2 Å². The number of carboxylic acids is 1. The average molecular weight is 373 g/mol. The Balaban J connectivity index is 1.91. The Labute approximate surface area is 154 Å². The van der Waals surface area contributed by atoms with E-state index in [0.717, 1.165) is 0 Å². The number of carbonyl (C=O) groups excluding carboxylic acids is 1. The van der Waals surface area contributed by atoms with Gasteiger partial charge in [-0.2, -0.15) is 0 Å². The summed E-state index contributed by atoms with van der Waals surface area (Å²) >= 11 is 0. The number of amides is 1. The molecule has 3 rings (SSSR count). The molecule has 5 N–H and O–H groups in total. The van der Waals surface area contributed by atoms with E-state index in [-0.39, 0.29) is 18.9 Å². The zero-order valence-corrected chi connectivity index (χ0v) is 14.9. The number of rotatable bonds is 6. The first kappa shape index (κ1) is 18.8. The molecule has 1 aromatic heterocycles. The van der Waals surface area contributed by atoms with E-state index < -0.39 is 18.0 Å². The van der Waals surface area contributed by atoms with Crippen LogP contribution >= 0.6 is 0 Å². The highest BCUT2D eigenvalue weighted by Crippen LogP contribution is 2.34. The molecule has 1 atom stereocenters. The molecule has 0 aliphatic carbocycles. The molecular formula is C19H20FN3O4. The zero-order valence-electron chi connectivity index (χ0n) is 14.9. The number of aliphatic hydroxyl groups is 1. The standard InChI is InChI=1S/C19H20FN3O4/c1-9-15(22-10(2)17(9)19(27)21-6-5-16(24)25)8-13-12-7-11(20)3-4-14(12)23-18(13)26/h3-4,7-8,19,21-22,27H,5-6H2,1-2H3,(H,23,26)(H,24,25)/b13-8-. The predicted octanol–water partition coefficient (Wildman–Crippen LogP) is 2.32. The van der Waals surface area contributed by atoms with Crippen LogP contribution in [-0.2, 0) is 9.59 Å². The van der Waals surface area contributed by atoms with Gasteiger partial charge in [0, 0.05) is 34.7 Å². The van der Waals surface area contributed by atoms with Gasteiger partial charge in [0.1, 0.15) is 12.0 Å². The van der Waals surface area contributed by atoms with E-state index >= 15 is 0 Å². The number of fused-ring (bicyclic) bond motifs is 1. The molecular weight excluding hydrogens is 353 g/mol. The maximum absolute atomic E-state index is 13.6. The van der Waals surface area contributed by atoms with E-state index in [2.05, 4.69) is 15.6 Å². The minimum Gasteiger partial charge on any atom is -0.481 e. The number of aromatic amines is 1. The van der Waals surface area contributed by atoms with Crippen LogP contribution in [0.25, 0.3) is 11.6 Å². The van der Waals surface area contributed by atoms with Gasteiger partial charge >= 0.3 is 5.97 Å². The Morgan fingerprint density at radius 2 is 2.11 bits per heavy atom.